The summed E-state index contributed by atoms with van der Waals surface area (Å²) < 4.78 is 1.98. The topological polar surface area (TPSA) is 21.1 Å². The van der Waals surface area contributed by atoms with Crippen LogP contribution in [0.3, 0.4) is 0 Å². The molecule has 0 spiro atoms. The number of aryl methyl sites for hydroxylation is 1. The second kappa shape index (κ2) is 5.47. The Kier molecular flexibility index (Phi) is 3.53. The highest BCUT2D eigenvalue weighted by Crippen LogP contribution is 2.25. The van der Waals surface area contributed by atoms with Gasteiger partial charge in [-0.25, -0.2) is 0 Å². The molecule has 3 nitrogen and oxygen atoms in total. The Hall–Kier alpha value is -1.77. The van der Waals surface area contributed by atoms with Crippen molar-refractivity contribution in [3.8, 4) is 11.3 Å². The van der Waals surface area contributed by atoms with Crippen molar-refractivity contribution in [2.24, 2.45) is 0 Å². The van der Waals surface area contributed by atoms with E-state index in [1.165, 1.54) is 43.6 Å². The van der Waals surface area contributed by atoms with Crippen molar-refractivity contribution >= 4 is 5.69 Å². The van der Waals surface area contributed by atoms with Crippen molar-refractivity contribution in [1.82, 2.24) is 9.78 Å². The number of aromatic nitrogens is 2. The first kappa shape index (κ1) is 12.3. The van der Waals surface area contributed by atoms with Gasteiger partial charge >= 0.3 is 0 Å². The normalized spacial score (nSPS) is 15.7. The van der Waals surface area contributed by atoms with E-state index in [1.807, 2.05) is 10.9 Å². The number of anilines is 1. The zero-order valence-electron chi connectivity index (χ0n) is 11.5. The van der Waals surface area contributed by atoms with E-state index in [-0.39, 0.29) is 0 Å². The third-order valence-corrected chi connectivity index (χ3v) is 3.83. The molecule has 2 aromatic rings. The molecular formula is C16H21N3. The Labute approximate surface area is 114 Å². The second-order valence-corrected chi connectivity index (χ2v) is 5.15. The molecule has 0 N–H and O–H groups in total. The Morgan fingerprint density at radius 3 is 2.68 bits per heavy atom. The molecule has 1 aromatic carbocycles. The number of hydrogen-bond donors (Lipinski definition) is 0. The van der Waals surface area contributed by atoms with Crippen LogP contribution < -0.4 is 4.90 Å². The molecule has 1 aromatic heterocycles. The molecule has 0 aliphatic carbocycles. The summed E-state index contributed by atoms with van der Waals surface area (Å²) in [7, 11) is 0. The molecule has 2 heterocycles. The summed E-state index contributed by atoms with van der Waals surface area (Å²) in [6, 6.07) is 10.9. The molecule has 1 fully saturated rings. The molecular weight excluding hydrogens is 234 g/mol. The van der Waals surface area contributed by atoms with Crippen LogP contribution in [0, 0.1) is 0 Å². The van der Waals surface area contributed by atoms with Gasteiger partial charge in [0.15, 0.2) is 0 Å². The number of piperidine rings is 1. The molecule has 3 heteroatoms. The smallest absolute Gasteiger partial charge is 0.0923 e. The third kappa shape index (κ3) is 2.65. The average molecular weight is 255 g/mol. The molecule has 19 heavy (non-hydrogen) atoms. The molecule has 1 saturated heterocycles. The fraction of sp³-hybridized carbons (Fsp3) is 0.438. The van der Waals surface area contributed by atoms with Crippen molar-refractivity contribution < 1.29 is 0 Å². The lowest BCUT2D eigenvalue weighted by Gasteiger charge is -2.29. The van der Waals surface area contributed by atoms with Crippen LogP contribution in [0.4, 0.5) is 5.69 Å². The van der Waals surface area contributed by atoms with Gasteiger partial charge in [-0.2, -0.15) is 5.10 Å². The highest BCUT2D eigenvalue weighted by atomic mass is 15.3. The van der Waals surface area contributed by atoms with Crippen molar-refractivity contribution in [2.45, 2.75) is 32.7 Å². The van der Waals surface area contributed by atoms with Gasteiger partial charge in [0.2, 0.25) is 0 Å². The maximum atomic E-state index is 4.58. The van der Waals surface area contributed by atoms with Gasteiger partial charge in [0.1, 0.15) is 0 Å². The van der Waals surface area contributed by atoms with Gasteiger partial charge < -0.3 is 4.90 Å². The van der Waals surface area contributed by atoms with Crippen molar-refractivity contribution in [2.75, 3.05) is 18.0 Å². The van der Waals surface area contributed by atoms with Crippen LogP contribution in [0.5, 0.6) is 0 Å². The minimum Gasteiger partial charge on any atom is -0.372 e. The zero-order valence-corrected chi connectivity index (χ0v) is 11.5. The van der Waals surface area contributed by atoms with E-state index in [4.69, 9.17) is 0 Å². The first-order valence-corrected chi connectivity index (χ1v) is 7.25. The van der Waals surface area contributed by atoms with Gasteiger partial charge in [0, 0.05) is 37.1 Å². The van der Waals surface area contributed by atoms with Gasteiger partial charge in [-0.1, -0.05) is 12.1 Å². The number of nitrogens with zero attached hydrogens (tertiary/aromatic N) is 3. The largest absolute Gasteiger partial charge is 0.372 e. The quantitative estimate of drug-likeness (QED) is 0.836. The molecule has 3 rings (SSSR count). The Morgan fingerprint density at radius 2 is 1.95 bits per heavy atom. The molecule has 1 aliphatic rings. The van der Waals surface area contributed by atoms with Gasteiger partial charge in [-0.15, -0.1) is 0 Å². The lowest BCUT2D eigenvalue weighted by Crippen LogP contribution is -2.29. The van der Waals surface area contributed by atoms with Gasteiger partial charge in [-0.3, -0.25) is 4.68 Å². The highest BCUT2D eigenvalue weighted by Gasteiger charge is 2.11. The number of benzene rings is 1. The highest BCUT2D eigenvalue weighted by molar-refractivity contribution is 5.65. The molecule has 100 valence electrons. The molecule has 0 bridgehead atoms. The fourth-order valence-electron chi connectivity index (χ4n) is 2.71. The summed E-state index contributed by atoms with van der Waals surface area (Å²) in [5, 5.41) is 4.58. The monoisotopic (exact) mass is 255 g/mol. The van der Waals surface area contributed by atoms with Crippen molar-refractivity contribution in [3.05, 3.63) is 36.5 Å². The van der Waals surface area contributed by atoms with Crippen molar-refractivity contribution in [3.63, 3.8) is 0 Å². The second-order valence-electron chi connectivity index (χ2n) is 5.15. The van der Waals surface area contributed by atoms with E-state index >= 15 is 0 Å². The van der Waals surface area contributed by atoms with Crippen LogP contribution in [0.2, 0.25) is 0 Å². The minimum absolute atomic E-state index is 0.922. The lowest BCUT2D eigenvalue weighted by atomic mass is 10.1. The summed E-state index contributed by atoms with van der Waals surface area (Å²) in [4.78, 5) is 2.49. The van der Waals surface area contributed by atoms with Crippen LogP contribution in [-0.2, 0) is 6.54 Å². The Bertz CT molecular complexity index is 538. The summed E-state index contributed by atoms with van der Waals surface area (Å²) in [6.07, 6.45) is 6.05. The zero-order chi connectivity index (χ0) is 13.1. The van der Waals surface area contributed by atoms with E-state index < -0.39 is 0 Å². The molecule has 0 unspecified atom stereocenters. The Morgan fingerprint density at radius 1 is 1.11 bits per heavy atom. The summed E-state index contributed by atoms with van der Waals surface area (Å²) in [5.41, 5.74) is 3.62. The molecule has 0 radical (unpaired) electrons. The van der Waals surface area contributed by atoms with Gasteiger partial charge in [-0.05, 0) is 44.4 Å². The van der Waals surface area contributed by atoms with Crippen molar-refractivity contribution in [1.29, 1.82) is 0 Å². The molecule has 0 amide bonds. The van der Waals surface area contributed by atoms with E-state index in [0.29, 0.717) is 0 Å². The Balaban J connectivity index is 1.86. The van der Waals surface area contributed by atoms with Crippen LogP contribution in [-0.4, -0.2) is 22.9 Å². The van der Waals surface area contributed by atoms with E-state index in [0.717, 1.165) is 12.2 Å². The standard InChI is InChI=1S/C16H21N3/c1-2-19-12-9-16(17-19)14-7-6-8-15(13-14)18-10-4-3-5-11-18/h6-9,12-13H,2-5,10-11H2,1H3. The van der Waals surface area contributed by atoms with Crippen LogP contribution in [0.15, 0.2) is 36.5 Å². The fourth-order valence-corrected chi connectivity index (χ4v) is 2.71. The first-order valence-electron chi connectivity index (χ1n) is 7.25. The summed E-state index contributed by atoms with van der Waals surface area (Å²) in [6.45, 7) is 5.41. The molecule has 0 saturated carbocycles. The number of rotatable bonds is 3. The van der Waals surface area contributed by atoms with E-state index in [9.17, 15) is 0 Å². The maximum Gasteiger partial charge on any atom is 0.0923 e. The van der Waals surface area contributed by atoms with Gasteiger partial charge in [0.25, 0.3) is 0 Å². The van der Waals surface area contributed by atoms with Crippen LogP contribution in [0.25, 0.3) is 11.3 Å². The maximum absolute atomic E-state index is 4.58. The third-order valence-electron chi connectivity index (χ3n) is 3.83. The van der Waals surface area contributed by atoms with Crippen LogP contribution in [0.1, 0.15) is 26.2 Å². The summed E-state index contributed by atoms with van der Waals surface area (Å²) in [5.74, 6) is 0. The van der Waals surface area contributed by atoms with Gasteiger partial charge in [0.05, 0.1) is 5.69 Å². The predicted octanol–water partition coefficient (Wildman–Crippen LogP) is 3.56. The lowest BCUT2D eigenvalue weighted by molar-refractivity contribution is 0.578. The predicted molar refractivity (Wildman–Crippen MR) is 79.4 cm³/mol. The van der Waals surface area contributed by atoms with E-state index in [1.54, 1.807) is 0 Å². The molecule has 1 aliphatic heterocycles. The summed E-state index contributed by atoms with van der Waals surface area (Å²) >= 11 is 0. The van der Waals surface area contributed by atoms with Crippen LogP contribution >= 0.6 is 0 Å². The molecule has 0 atom stereocenters. The average Bonchev–Trinajstić information content (AvgIpc) is 2.97. The number of hydrogen-bond acceptors (Lipinski definition) is 2. The first-order chi connectivity index (χ1) is 9.36. The SMILES string of the molecule is CCn1ccc(-c2cccc(N3CCCCC3)c2)n1. The van der Waals surface area contributed by atoms with E-state index in [2.05, 4.69) is 47.3 Å². The minimum atomic E-state index is 0.922.